The van der Waals surface area contributed by atoms with Crippen molar-refractivity contribution in [3.63, 3.8) is 0 Å². The van der Waals surface area contributed by atoms with Gasteiger partial charge in [-0.15, -0.1) is 0 Å². The first kappa shape index (κ1) is 13.3. The van der Waals surface area contributed by atoms with Crippen LogP contribution in [0.5, 0.6) is 0 Å². The molecule has 0 bridgehead atoms. The number of hydrazine groups is 1. The van der Waals surface area contributed by atoms with Gasteiger partial charge in [0, 0.05) is 24.9 Å². The number of hydrogen-bond donors (Lipinski definition) is 3. The lowest BCUT2D eigenvalue weighted by atomic mass is 10.1. The fourth-order valence-corrected chi connectivity index (χ4v) is 3.14. The predicted octanol–water partition coefficient (Wildman–Crippen LogP) is 0.430. The van der Waals surface area contributed by atoms with Crippen molar-refractivity contribution in [2.24, 2.45) is 5.84 Å². The molecule has 18 heavy (non-hydrogen) atoms. The Balaban J connectivity index is 2.08. The first-order chi connectivity index (χ1) is 8.62. The van der Waals surface area contributed by atoms with Gasteiger partial charge in [-0.05, 0) is 37.1 Å². The molecule has 1 aliphatic heterocycles. The highest BCUT2D eigenvalue weighted by Crippen LogP contribution is 2.15. The van der Waals surface area contributed by atoms with E-state index in [0.717, 1.165) is 0 Å². The number of hydrogen-bond acceptors (Lipinski definition) is 5. The van der Waals surface area contributed by atoms with Crippen LogP contribution in [0.25, 0.3) is 0 Å². The number of sulfonamides is 1. The Bertz CT molecular complexity index is 481. The molecule has 7 heteroatoms. The molecule has 0 saturated carbocycles. The number of nitrogens with two attached hydrogens (primary N) is 1. The van der Waals surface area contributed by atoms with E-state index in [4.69, 9.17) is 10.6 Å². The van der Waals surface area contributed by atoms with Crippen LogP contribution in [0.1, 0.15) is 12.8 Å². The summed E-state index contributed by atoms with van der Waals surface area (Å²) >= 11 is 0. The van der Waals surface area contributed by atoms with E-state index < -0.39 is 10.0 Å². The average molecular weight is 271 g/mol. The van der Waals surface area contributed by atoms with Crippen LogP contribution >= 0.6 is 0 Å². The Labute approximate surface area is 107 Å². The maximum Gasteiger partial charge on any atom is 0.240 e. The Morgan fingerprint density at radius 1 is 1.17 bits per heavy atom. The topological polar surface area (TPSA) is 93.5 Å². The number of nitrogen functional groups attached to an aromatic ring is 1. The lowest BCUT2D eigenvalue weighted by Crippen LogP contribution is -2.38. The number of anilines is 1. The fourth-order valence-electron chi connectivity index (χ4n) is 1.83. The van der Waals surface area contributed by atoms with Crippen molar-refractivity contribution in [3.05, 3.63) is 24.3 Å². The Kier molecular flexibility index (Phi) is 4.18. The number of nitrogens with one attached hydrogen (secondary N) is 2. The lowest BCUT2D eigenvalue weighted by molar-refractivity contribution is 0.0832. The Hall–Kier alpha value is -1.15. The van der Waals surface area contributed by atoms with Gasteiger partial charge in [0.2, 0.25) is 10.0 Å². The number of rotatable bonds is 4. The van der Waals surface area contributed by atoms with Crippen molar-refractivity contribution in [3.8, 4) is 0 Å². The minimum Gasteiger partial charge on any atom is -0.381 e. The van der Waals surface area contributed by atoms with Gasteiger partial charge in [0.1, 0.15) is 0 Å². The van der Waals surface area contributed by atoms with Crippen LogP contribution in [0.4, 0.5) is 5.69 Å². The zero-order valence-corrected chi connectivity index (χ0v) is 10.7. The van der Waals surface area contributed by atoms with Gasteiger partial charge in [0.25, 0.3) is 0 Å². The van der Waals surface area contributed by atoms with Gasteiger partial charge in [0.05, 0.1) is 4.90 Å². The summed E-state index contributed by atoms with van der Waals surface area (Å²) in [6.45, 7) is 1.20. The van der Waals surface area contributed by atoms with E-state index in [0.29, 0.717) is 31.7 Å². The van der Waals surface area contributed by atoms with Crippen molar-refractivity contribution >= 4 is 15.7 Å². The second-order valence-corrected chi connectivity index (χ2v) is 5.89. The van der Waals surface area contributed by atoms with E-state index in [1.165, 1.54) is 12.1 Å². The van der Waals surface area contributed by atoms with Crippen LogP contribution in [-0.4, -0.2) is 27.7 Å². The molecule has 1 heterocycles. The fraction of sp³-hybridized carbons (Fsp3) is 0.455. The molecule has 1 fully saturated rings. The molecule has 6 nitrogen and oxygen atoms in total. The smallest absolute Gasteiger partial charge is 0.240 e. The van der Waals surface area contributed by atoms with Crippen LogP contribution in [-0.2, 0) is 14.8 Å². The molecule has 1 aromatic rings. The van der Waals surface area contributed by atoms with Crippen LogP contribution in [0.3, 0.4) is 0 Å². The van der Waals surface area contributed by atoms with Gasteiger partial charge >= 0.3 is 0 Å². The van der Waals surface area contributed by atoms with Crippen LogP contribution < -0.4 is 16.0 Å². The molecule has 0 amide bonds. The monoisotopic (exact) mass is 271 g/mol. The molecule has 1 aromatic carbocycles. The van der Waals surface area contributed by atoms with Gasteiger partial charge in [0.15, 0.2) is 0 Å². The van der Waals surface area contributed by atoms with Crippen LogP contribution in [0, 0.1) is 0 Å². The van der Waals surface area contributed by atoms with E-state index in [1.54, 1.807) is 12.1 Å². The molecule has 4 N–H and O–H groups in total. The van der Waals surface area contributed by atoms with E-state index >= 15 is 0 Å². The first-order valence-electron chi connectivity index (χ1n) is 5.78. The summed E-state index contributed by atoms with van der Waals surface area (Å²) in [4.78, 5) is 0.244. The summed E-state index contributed by atoms with van der Waals surface area (Å²) in [5, 5.41) is 0. The Morgan fingerprint density at radius 3 is 2.33 bits per heavy atom. The normalized spacial score (nSPS) is 17.6. The quantitative estimate of drug-likeness (QED) is 0.545. The minimum atomic E-state index is -3.46. The van der Waals surface area contributed by atoms with Gasteiger partial charge in [-0.3, -0.25) is 5.84 Å². The maximum atomic E-state index is 12.1. The zero-order valence-electron chi connectivity index (χ0n) is 9.93. The van der Waals surface area contributed by atoms with Crippen molar-refractivity contribution in [2.75, 3.05) is 18.6 Å². The summed E-state index contributed by atoms with van der Waals surface area (Å²) in [5.41, 5.74) is 3.12. The summed E-state index contributed by atoms with van der Waals surface area (Å²) in [6, 6.07) is 6.25. The molecule has 2 rings (SSSR count). The minimum absolute atomic E-state index is 0.0453. The summed E-state index contributed by atoms with van der Waals surface area (Å²) < 4.78 is 32.1. The lowest BCUT2D eigenvalue weighted by Gasteiger charge is -2.22. The molecule has 1 aliphatic rings. The zero-order chi connectivity index (χ0) is 13.0. The standard InChI is InChI=1S/C11H17N3O3S/c12-13-9-1-3-11(4-2-9)18(15,16)14-10-5-7-17-8-6-10/h1-4,10,13-14H,5-8,12H2. The van der Waals surface area contributed by atoms with Gasteiger partial charge in [-0.1, -0.05) is 0 Å². The van der Waals surface area contributed by atoms with E-state index in [1.807, 2.05) is 0 Å². The number of benzene rings is 1. The predicted molar refractivity (Wildman–Crippen MR) is 68.4 cm³/mol. The molecule has 0 spiro atoms. The van der Waals surface area contributed by atoms with E-state index in [-0.39, 0.29) is 10.9 Å². The average Bonchev–Trinajstić information content (AvgIpc) is 2.39. The molecule has 0 atom stereocenters. The van der Waals surface area contributed by atoms with Gasteiger partial charge in [-0.25, -0.2) is 13.1 Å². The van der Waals surface area contributed by atoms with Crippen molar-refractivity contribution < 1.29 is 13.2 Å². The molecule has 0 aromatic heterocycles. The van der Waals surface area contributed by atoms with Crippen LogP contribution in [0.15, 0.2) is 29.2 Å². The van der Waals surface area contributed by atoms with E-state index in [2.05, 4.69) is 10.1 Å². The summed E-state index contributed by atoms with van der Waals surface area (Å²) in [7, 11) is -3.46. The van der Waals surface area contributed by atoms with Crippen molar-refractivity contribution in [1.82, 2.24) is 4.72 Å². The maximum absolute atomic E-state index is 12.1. The molecule has 1 saturated heterocycles. The Morgan fingerprint density at radius 2 is 1.78 bits per heavy atom. The summed E-state index contributed by atoms with van der Waals surface area (Å²) in [6.07, 6.45) is 1.42. The molecule has 0 radical (unpaired) electrons. The first-order valence-corrected chi connectivity index (χ1v) is 7.27. The van der Waals surface area contributed by atoms with Gasteiger partial charge in [-0.2, -0.15) is 0 Å². The third kappa shape index (κ3) is 3.20. The third-order valence-corrected chi connectivity index (χ3v) is 4.41. The highest BCUT2D eigenvalue weighted by Gasteiger charge is 2.21. The highest BCUT2D eigenvalue weighted by atomic mass is 32.2. The third-order valence-electron chi connectivity index (χ3n) is 2.87. The van der Waals surface area contributed by atoms with Gasteiger partial charge < -0.3 is 10.2 Å². The second-order valence-electron chi connectivity index (χ2n) is 4.18. The number of ether oxygens (including phenoxy) is 1. The summed E-state index contributed by atoms with van der Waals surface area (Å²) in [5.74, 6) is 5.23. The van der Waals surface area contributed by atoms with Crippen molar-refractivity contribution in [1.29, 1.82) is 0 Å². The molecular formula is C11H17N3O3S. The van der Waals surface area contributed by atoms with Crippen LogP contribution in [0.2, 0.25) is 0 Å². The molecule has 100 valence electrons. The molecule has 0 unspecified atom stereocenters. The SMILES string of the molecule is NNc1ccc(S(=O)(=O)NC2CCOCC2)cc1. The van der Waals surface area contributed by atoms with E-state index in [9.17, 15) is 8.42 Å². The largest absolute Gasteiger partial charge is 0.381 e. The highest BCUT2D eigenvalue weighted by molar-refractivity contribution is 7.89. The second kappa shape index (κ2) is 5.66. The molecule has 0 aliphatic carbocycles. The van der Waals surface area contributed by atoms with Crippen molar-refractivity contribution in [2.45, 2.75) is 23.8 Å². The molecular weight excluding hydrogens is 254 g/mol.